The van der Waals surface area contributed by atoms with Gasteiger partial charge in [0.15, 0.2) is 5.76 Å². The third-order valence-electron chi connectivity index (χ3n) is 3.03. The van der Waals surface area contributed by atoms with Gasteiger partial charge in [-0.3, -0.25) is 9.59 Å². The molecule has 0 spiro atoms. The summed E-state index contributed by atoms with van der Waals surface area (Å²) in [6, 6.07) is 9.70. The molecule has 1 atom stereocenters. The van der Waals surface area contributed by atoms with Crippen LogP contribution in [0.25, 0.3) is 0 Å². The molecule has 0 aliphatic heterocycles. The van der Waals surface area contributed by atoms with Crippen LogP contribution in [-0.2, 0) is 14.8 Å². The van der Waals surface area contributed by atoms with Crippen molar-refractivity contribution in [3.05, 3.63) is 53.8 Å². The van der Waals surface area contributed by atoms with E-state index in [1.54, 1.807) is 30.3 Å². The molecule has 122 valence electrons. The van der Waals surface area contributed by atoms with E-state index in [9.17, 15) is 18.0 Å². The zero-order valence-corrected chi connectivity index (χ0v) is 13.0. The summed E-state index contributed by atoms with van der Waals surface area (Å²) in [6.45, 7) is 0. The van der Waals surface area contributed by atoms with Crippen LogP contribution in [0.2, 0.25) is 0 Å². The monoisotopic (exact) mass is 337 g/mol. The quantitative estimate of drug-likeness (QED) is 0.690. The number of primary amides is 1. The number of hydrogen-bond donors (Lipinski definition) is 3. The van der Waals surface area contributed by atoms with Crippen molar-refractivity contribution in [2.75, 3.05) is 7.05 Å². The highest BCUT2D eigenvalue weighted by atomic mass is 32.2. The molecule has 2 amide bonds. The summed E-state index contributed by atoms with van der Waals surface area (Å²) in [7, 11) is -2.58. The van der Waals surface area contributed by atoms with Crippen molar-refractivity contribution in [3.8, 4) is 0 Å². The maximum absolute atomic E-state index is 12.1. The molecule has 0 unspecified atom stereocenters. The van der Waals surface area contributed by atoms with E-state index in [0.717, 1.165) is 6.07 Å². The van der Waals surface area contributed by atoms with Gasteiger partial charge in [-0.15, -0.1) is 0 Å². The lowest BCUT2D eigenvalue weighted by atomic mass is 10.1. The summed E-state index contributed by atoms with van der Waals surface area (Å²) >= 11 is 0. The van der Waals surface area contributed by atoms with Gasteiger partial charge in [0.05, 0.1) is 0 Å². The molecule has 1 aromatic carbocycles. The molecule has 8 nitrogen and oxygen atoms in total. The summed E-state index contributed by atoms with van der Waals surface area (Å²) in [5.41, 5.74) is 5.80. The van der Waals surface area contributed by atoms with Gasteiger partial charge in [-0.25, -0.2) is 13.1 Å². The Morgan fingerprint density at radius 2 is 1.78 bits per heavy atom. The fraction of sp³-hybridized carbons (Fsp3) is 0.143. The molecule has 0 radical (unpaired) electrons. The molecule has 2 aromatic rings. The maximum Gasteiger partial charge on any atom is 0.287 e. The number of benzene rings is 1. The standard InChI is InChI=1S/C14H15N3O5S/c1-16-23(20,21)11-8-7-10(22-11)14(19)17-12(13(15)18)9-5-3-2-4-6-9/h2-8,12,16H,1H3,(H2,15,18)(H,17,19)/t12-/m1/s1. The van der Waals surface area contributed by atoms with Gasteiger partial charge >= 0.3 is 0 Å². The molecular weight excluding hydrogens is 322 g/mol. The predicted octanol–water partition coefficient (Wildman–Crippen LogP) is 0.144. The number of nitrogens with two attached hydrogens (primary N) is 1. The molecule has 9 heteroatoms. The molecule has 23 heavy (non-hydrogen) atoms. The van der Waals surface area contributed by atoms with Crippen molar-refractivity contribution in [1.29, 1.82) is 0 Å². The van der Waals surface area contributed by atoms with E-state index in [4.69, 9.17) is 10.2 Å². The van der Waals surface area contributed by atoms with Crippen LogP contribution in [0.4, 0.5) is 0 Å². The molecule has 2 rings (SSSR count). The predicted molar refractivity (Wildman–Crippen MR) is 80.8 cm³/mol. The van der Waals surface area contributed by atoms with Crippen LogP contribution in [0, 0.1) is 0 Å². The van der Waals surface area contributed by atoms with E-state index in [1.165, 1.54) is 13.1 Å². The van der Waals surface area contributed by atoms with Crippen LogP contribution in [0.1, 0.15) is 22.2 Å². The molecule has 1 aromatic heterocycles. The van der Waals surface area contributed by atoms with E-state index in [-0.39, 0.29) is 5.76 Å². The van der Waals surface area contributed by atoms with Crippen LogP contribution in [-0.4, -0.2) is 27.3 Å². The number of amides is 2. The number of hydrogen-bond acceptors (Lipinski definition) is 5. The average molecular weight is 337 g/mol. The fourth-order valence-corrected chi connectivity index (χ4v) is 2.50. The highest BCUT2D eigenvalue weighted by molar-refractivity contribution is 7.89. The second-order valence-corrected chi connectivity index (χ2v) is 6.36. The van der Waals surface area contributed by atoms with E-state index >= 15 is 0 Å². The lowest BCUT2D eigenvalue weighted by Crippen LogP contribution is -2.37. The molecule has 0 aliphatic rings. The summed E-state index contributed by atoms with van der Waals surface area (Å²) in [5.74, 6) is -1.75. The van der Waals surface area contributed by atoms with E-state index in [1.807, 2.05) is 0 Å². The molecule has 0 aliphatic carbocycles. The first-order valence-corrected chi connectivity index (χ1v) is 8.02. The van der Waals surface area contributed by atoms with Crippen LogP contribution in [0.5, 0.6) is 0 Å². The number of nitrogens with one attached hydrogen (secondary N) is 2. The Hall–Kier alpha value is -2.65. The van der Waals surface area contributed by atoms with Gasteiger partial charge in [0.1, 0.15) is 6.04 Å². The third kappa shape index (κ3) is 3.76. The van der Waals surface area contributed by atoms with Crippen molar-refractivity contribution < 1.29 is 22.4 Å². The number of carbonyl (C=O) groups excluding carboxylic acids is 2. The Bertz CT molecular complexity index is 814. The van der Waals surface area contributed by atoms with E-state index < -0.39 is 33.0 Å². The Morgan fingerprint density at radius 3 is 2.35 bits per heavy atom. The molecule has 1 heterocycles. The fourth-order valence-electron chi connectivity index (χ4n) is 1.85. The summed E-state index contributed by atoms with van der Waals surface area (Å²) < 4.78 is 30.2. The highest BCUT2D eigenvalue weighted by Gasteiger charge is 2.24. The second-order valence-electron chi connectivity index (χ2n) is 4.55. The number of sulfonamides is 1. The van der Waals surface area contributed by atoms with Crippen molar-refractivity contribution in [2.45, 2.75) is 11.1 Å². The Labute approximate surface area is 132 Å². The maximum atomic E-state index is 12.1. The molecule has 0 saturated heterocycles. The second kappa shape index (κ2) is 6.63. The number of furan rings is 1. The normalized spacial score (nSPS) is 12.6. The van der Waals surface area contributed by atoms with Crippen molar-refractivity contribution in [3.63, 3.8) is 0 Å². The van der Waals surface area contributed by atoms with Crippen molar-refractivity contribution in [1.82, 2.24) is 10.0 Å². The minimum absolute atomic E-state index is 0.249. The van der Waals surface area contributed by atoms with Gasteiger partial charge < -0.3 is 15.5 Å². The number of rotatable bonds is 6. The summed E-state index contributed by atoms with van der Waals surface area (Å²) in [4.78, 5) is 23.7. The van der Waals surface area contributed by atoms with E-state index in [0.29, 0.717) is 5.56 Å². The number of carbonyl (C=O) groups is 2. The van der Waals surface area contributed by atoms with Crippen LogP contribution in [0.3, 0.4) is 0 Å². The third-order valence-corrected chi connectivity index (χ3v) is 4.32. The lowest BCUT2D eigenvalue weighted by molar-refractivity contribution is -0.120. The Balaban J connectivity index is 2.22. The SMILES string of the molecule is CNS(=O)(=O)c1ccc(C(=O)N[C@@H](C(N)=O)c2ccccc2)o1. The van der Waals surface area contributed by atoms with Crippen LogP contribution >= 0.6 is 0 Å². The van der Waals surface area contributed by atoms with Gasteiger partial charge in [0.25, 0.3) is 15.9 Å². The van der Waals surface area contributed by atoms with Gasteiger partial charge in [-0.1, -0.05) is 30.3 Å². The van der Waals surface area contributed by atoms with Gasteiger partial charge in [0.2, 0.25) is 11.0 Å². The smallest absolute Gasteiger partial charge is 0.287 e. The highest BCUT2D eigenvalue weighted by Crippen LogP contribution is 2.16. The minimum atomic E-state index is -3.80. The molecule has 0 saturated carbocycles. The van der Waals surface area contributed by atoms with Crippen LogP contribution in [0.15, 0.2) is 52.0 Å². The van der Waals surface area contributed by atoms with E-state index in [2.05, 4.69) is 10.0 Å². The van der Waals surface area contributed by atoms with Gasteiger partial charge in [-0.05, 0) is 24.7 Å². The molecular formula is C14H15N3O5S. The largest absolute Gasteiger partial charge is 0.438 e. The first-order valence-electron chi connectivity index (χ1n) is 6.53. The first-order chi connectivity index (χ1) is 10.8. The topological polar surface area (TPSA) is 132 Å². The zero-order valence-electron chi connectivity index (χ0n) is 12.1. The zero-order chi connectivity index (χ0) is 17.0. The van der Waals surface area contributed by atoms with Crippen molar-refractivity contribution in [2.24, 2.45) is 5.73 Å². The minimum Gasteiger partial charge on any atom is -0.438 e. The van der Waals surface area contributed by atoms with Crippen LogP contribution < -0.4 is 15.8 Å². The molecule has 4 N–H and O–H groups in total. The lowest BCUT2D eigenvalue weighted by Gasteiger charge is -2.14. The average Bonchev–Trinajstić information content (AvgIpc) is 3.04. The Kier molecular flexibility index (Phi) is 4.82. The summed E-state index contributed by atoms with van der Waals surface area (Å²) in [5, 5.41) is 2.01. The first kappa shape index (κ1) is 16.7. The molecule has 0 bridgehead atoms. The van der Waals surface area contributed by atoms with Gasteiger partial charge in [-0.2, -0.15) is 0 Å². The molecule has 0 fully saturated rings. The Morgan fingerprint density at radius 1 is 1.13 bits per heavy atom. The summed E-state index contributed by atoms with van der Waals surface area (Å²) in [6.07, 6.45) is 0. The van der Waals surface area contributed by atoms with Gasteiger partial charge in [0, 0.05) is 0 Å². The van der Waals surface area contributed by atoms with Crippen molar-refractivity contribution >= 4 is 21.8 Å².